The Kier molecular flexibility index (Phi) is 9.36. The number of ether oxygens (including phenoxy) is 1. The van der Waals surface area contributed by atoms with Crippen molar-refractivity contribution >= 4 is 11.9 Å². The summed E-state index contributed by atoms with van der Waals surface area (Å²) in [5, 5.41) is 15.4. The molecule has 0 saturated carbocycles. The minimum atomic E-state index is -1.01. The minimum absolute atomic E-state index is 0. The van der Waals surface area contributed by atoms with Crippen LogP contribution in [-0.4, -0.2) is 57.6 Å². The molecule has 0 bridgehead atoms. The van der Waals surface area contributed by atoms with Gasteiger partial charge in [0, 0.05) is 44.8 Å². The molecule has 0 spiro atoms. The fourth-order valence-electron chi connectivity index (χ4n) is 4.43. The normalized spacial score (nSPS) is 15.6. The first-order valence-corrected chi connectivity index (χ1v) is 11.4. The van der Waals surface area contributed by atoms with Crippen molar-refractivity contribution in [3.63, 3.8) is 0 Å². The van der Waals surface area contributed by atoms with Gasteiger partial charge in [0.1, 0.15) is 6.61 Å². The quantitative estimate of drug-likeness (QED) is 0.417. The van der Waals surface area contributed by atoms with Gasteiger partial charge in [-0.15, -0.1) is 5.56 Å². The predicted molar refractivity (Wildman–Crippen MR) is 128 cm³/mol. The SMILES string of the molecule is Cc1ccc(-n2nc(C(=O)NN3CCCC3COCC(=O)O)c(C)c2-c2cc[c-]cc2)c(C)c1.[Y]. The molecule has 1 unspecified atom stereocenters. The molecule has 1 aliphatic rings. The Morgan fingerprint density at radius 3 is 2.63 bits per heavy atom. The van der Waals surface area contributed by atoms with Gasteiger partial charge >= 0.3 is 5.97 Å². The van der Waals surface area contributed by atoms with E-state index < -0.39 is 5.97 Å². The second-order valence-electron chi connectivity index (χ2n) is 8.65. The van der Waals surface area contributed by atoms with Crippen LogP contribution in [0.3, 0.4) is 0 Å². The van der Waals surface area contributed by atoms with Crippen molar-refractivity contribution in [2.24, 2.45) is 0 Å². The maximum Gasteiger partial charge on any atom is 0.329 e. The molecule has 181 valence electrons. The fourth-order valence-corrected chi connectivity index (χ4v) is 4.43. The Bertz CT molecular complexity index is 1200. The summed E-state index contributed by atoms with van der Waals surface area (Å²) in [5.41, 5.74) is 9.04. The number of aromatic nitrogens is 2. The molecule has 9 heteroatoms. The summed E-state index contributed by atoms with van der Waals surface area (Å²) in [7, 11) is 0. The molecule has 1 fully saturated rings. The van der Waals surface area contributed by atoms with Crippen LogP contribution in [0.5, 0.6) is 0 Å². The summed E-state index contributed by atoms with van der Waals surface area (Å²) < 4.78 is 7.11. The average Bonchev–Trinajstić information content (AvgIpc) is 3.38. The van der Waals surface area contributed by atoms with Gasteiger partial charge in [0.15, 0.2) is 5.69 Å². The van der Waals surface area contributed by atoms with Gasteiger partial charge in [-0.3, -0.25) is 10.2 Å². The van der Waals surface area contributed by atoms with Gasteiger partial charge in [-0.2, -0.15) is 35.4 Å². The second kappa shape index (κ2) is 12.0. The van der Waals surface area contributed by atoms with Crippen LogP contribution in [-0.2, 0) is 42.2 Å². The van der Waals surface area contributed by atoms with Crippen LogP contribution < -0.4 is 5.43 Å². The van der Waals surface area contributed by atoms with Crippen molar-refractivity contribution < 1.29 is 52.1 Å². The molecule has 35 heavy (non-hydrogen) atoms. The molecule has 2 aromatic carbocycles. The molecular weight excluding hydrogens is 521 g/mol. The first-order valence-electron chi connectivity index (χ1n) is 11.4. The van der Waals surface area contributed by atoms with E-state index in [4.69, 9.17) is 14.9 Å². The number of carbonyl (C=O) groups excluding carboxylic acids is 1. The number of aliphatic carboxylic acids is 1. The van der Waals surface area contributed by atoms with Crippen molar-refractivity contribution in [2.75, 3.05) is 19.8 Å². The molecule has 2 heterocycles. The predicted octanol–water partition coefficient (Wildman–Crippen LogP) is 3.47. The van der Waals surface area contributed by atoms with Gasteiger partial charge in [0.05, 0.1) is 24.0 Å². The van der Waals surface area contributed by atoms with Gasteiger partial charge in [0.25, 0.3) is 5.91 Å². The number of amides is 1. The number of carboxylic acid groups (broad SMARTS) is 1. The Labute approximate surface area is 230 Å². The fraction of sp³-hybridized carbons (Fsp3) is 0.346. The number of hydrogen-bond acceptors (Lipinski definition) is 5. The van der Waals surface area contributed by atoms with E-state index in [0.717, 1.165) is 46.5 Å². The molecule has 8 nitrogen and oxygen atoms in total. The summed E-state index contributed by atoms with van der Waals surface area (Å²) >= 11 is 0. The van der Waals surface area contributed by atoms with Crippen LogP contribution >= 0.6 is 0 Å². The number of carboxylic acids is 1. The summed E-state index contributed by atoms with van der Waals surface area (Å²) in [6.45, 7) is 6.55. The first-order chi connectivity index (χ1) is 16.3. The molecule has 1 aliphatic heterocycles. The Hall–Kier alpha value is -2.39. The molecule has 4 rings (SSSR count). The van der Waals surface area contributed by atoms with Crippen LogP contribution in [0.25, 0.3) is 16.9 Å². The zero-order valence-corrected chi connectivity index (χ0v) is 23.1. The van der Waals surface area contributed by atoms with Crippen LogP contribution in [0.15, 0.2) is 42.5 Å². The van der Waals surface area contributed by atoms with E-state index in [-0.39, 0.29) is 57.9 Å². The third-order valence-electron chi connectivity index (χ3n) is 6.07. The molecule has 2 N–H and O–H groups in total. The zero-order valence-electron chi connectivity index (χ0n) is 20.2. The first kappa shape index (κ1) is 27.2. The number of aryl methyl sites for hydroxylation is 2. The van der Waals surface area contributed by atoms with Crippen molar-refractivity contribution in [3.05, 3.63) is 70.9 Å². The summed E-state index contributed by atoms with van der Waals surface area (Å²) in [4.78, 5) is 24.1. The van der Waals surface area contributed by atoms with E-state index >= 15 is 0 Å². The molecule has 3 aromatic rings. The maximum absolute atomic E-state index is 13.3. The number of nitrogens with one attached hydrogen (secondary N) is 1. The molecule has 0 aliphatic carbocycles. The van der Waals surface area contributed by atoms with E-state index in [2.05, 4.69) is 17.6 Å². The topological polar surface area (TPSA) is 96.7 Å². The minimum Gasteiger partial charge on any atom is -0.480 e. The summed E-state index contributed by atoms with van der Waals surface area (Å²) in [6.07, 6.45) is 1.71. The van der Waals surface area contributed by atoms with Gasteiger partial charge in [-0.25, -0.2) is 14.5 Å². The molecule has 1 atom stereocenters. The van der Waals surface area contributed by atoms with Crippen LogP contribution in [0.4, 0.5) is 0 Å². The van der Waals surface area contributed by atoms with Crippen LogP contribution in [0.2, 0.25) is 0 Å². The van der Waals surface area contributed by atoms with E-state index in [9.17, 15) is 9.59 Å². The molecule has 1 aromatic heterocycles. The standard InChI is InChI=1S/C26H29N4O4.Y/c1-17-11-12-22(18(2)14-17)30-25(20-8-5-4-6-9-20)19(3)24(27-30)26(33)28-29-13-7-10-21(29)15-34-16-23(31)32;/h5-6,8-9,11-12,14,21H,7,10,13,15-16H2,1-3H3,(H,28,33)(H,31,32);/q-1;. The van der Waals surface area contributed by atoms with Crippen molar-refractivity contribution in [2.45, 2.75) is 39.7 Å². The molecule has 1 saturated heterocycles. The van der Waals surface area contributed by atoms with Crippen LogP contribution in [0.1, 0.15) is 40.0 Å². The number of benzene rings is 2. The van der Waals surface area contributed by atoms with Crippen molar-refractivity contribution in [3.8, 4) is 16.9 Å². The monoisotopic (exact) mass is 550 g/mol. The number of hydrazine groups is 1. The maximum atomic E-state index is 13.3. The average molecular weight is 550 g/mol. The van der Waals surface area contributed by atoms with Gasteiger partial charge in [-0.1, -0.05) is 17.7 Å². The Morgan fingerprint density at radius 1 is 1.20 bits per heavy atom. The zero-order chi connectivity index (χ0) is 24.2. The summed E-state index contributed by atoms with van der Waals surface area (Å²) in [6, 6.07) is 16.7. The largest absolute Gasteiger partial charge is 0.480 e. The number of hydrogen-bond donors (Lipinski definition) is 2. The summed E-state index contributed by atoms with van der Waals surface area (Å²) in [5.74, 6) is -1.30. The third kappa shape index (κ3) is 6.25. The second-order valence-corrected chi connectivity index (χ2v) is 8.65. The third-order valence-corrected chi connectivity index (χ3v) is 6.07. The van der Waals surface area contributed by atoms with E-state index in [1.807, 2.05) is 66.9 Å². The number of carbonyl (C=O) groups is 2. The Balaban J connectivity index is 0.00000342. The van der Waals surface area contributed by atoms with Crippen LogP contribution in [0, 0.1) is 26.8 Å². The molecular formula is C26H29N4O4Y-. The molecule has 1 amide bonds. The number of rotatable bonds is 8. The van der Waals surface area contributed by atoms with Gasteiger partial charge in [0.2, 0.25) is 0 Å². The Morgan fingerprint density at radius 2 is 1.94 bits per heavy atom. The van der Waals surface area contributed by atoms with Crippen molar-refractivity contribution in [1.82, 2.24) is 20.2 Å². The van der Waals surface area contributed by atoms with Gasteiger partial charge in [-0.05, 0) is 45.2 Å². The van der Waals surface area contributed by atoms with E-state index in [1.165, 1.54) is 0 Å². The molecule has 1 radical (unpaired) electrons. The number of nitrogens with zero attached hydrogens (tertiary/aromatic N) is 3. The van der Waals surface area contributed by atoms with E-state index in [1.54, 1.807) is 0 Å². The van der Waals surface area contributed by atoms with Gasteiger partial charge < -0.3 is 9.84 Å². The van der Waals surface area contributed by atoms with Crippen molar-refractivity contribution in [1.29, 1.82) is 0 Å². The smallest absolute Gasteiger partial charge is 0.329 e. The van der Waals surface area contributed by atoms with E-state index in [0.29, 0.717) is 12.2 Å².